The van der Waals surface area contributed by atoms with Crippen molar-refractivity contribution in [1.29, 1.82) is 0 Å². The highest BCUT2D eigenvalue weighted by molar-refractivity contribution is 14.1. The molecule has 1 aromatic carbocycles. The van der Waals surface area contributed by atoms with E-state index in [-0.39, 0.29) is 10.6 Å². The fraction of sp³-hybridized carbons (Fsp3) is 0.125. The molecule has 1 rings (SSSR count). The fourth-order valence-electron chi connectivity index (χ4n) is 0.794. The topological polar surface area (TPSA) is 26.3 Å². The summed E-state index contributed by atoms with van der Waals surface area (Å²) >= 11 is 7.47. The van der Waals surface area contributed by atoms with E-state index in [9.17, 15) is 9.18 Å². The maximum atomic E-state index is 13.3. The highest BCUT2D eigenvalue weighted by atomic mass is 127. The number of methoxy groups -OCH3 is 1. The average Bonchev–Trinajstić information content (AvgIpc) is 2.13. The van der Waals surface area contributed by atoms with Crippen LogP contribution in [0.1, 0.15) is 10.4 Å². The molecular weight excluding hydrogens is 309 g/mol. The minimum Gasteiger partial charge on any atom is -0.465 e. The van der Waals surface area contributed by atoms with Gasteiger partial charge in [-0.05, 0) is 34.7 Å². The van der Waals surface area contributed by atoms with E-state index in [0.717, 1.165) is 0 Å². The van der Waals surface area contributed by atoms with Crippen molar-refractivity contribution in [2.24, 2.45) is 0 Å². The summed E-state index contributed by atoms with van der Waals surface area (Å²) < 4.78 is 18.2. The number of halogens is 3. The molecule has 0 aliphatic carbocycles. The molecule has 0 unspecified atom stereocenters. The largest absolute Gasteiger partial charge is 0.465 e. The highest BCUT2D eigenvalue weighted by Crippen LogP contribution is 2.24. The minimum absolute atomic E-state index is 0.0523. The third-order valence-electron chi connectivity index (χ3n) is 1.44. The summed E-state index contributed by atoms with van der Waals surface area (Å²) in [7, 11) is 1.19. The van der Waals surface area contributed by atoms with Gasteiger partial charge in [-0.1, -0.05) is 11.6 Å². The SMILES string of the molecule is COC(=O)c1ccc(I)c(Cl)c1F. The Bertz CT molecular complexity index is 354. The molecule has 2 nitrogen and oxygen atoms in total. The van der Waals surface area contributed by atoms with Crippen LogP contribution in [-0.2, 0) is 4.74 Å². The summed E-state index contributed by atoms with van der Waals surface area (Å²) in [6.07, 6.45) is 0. The molecule has 0 amide bonds. The second kappa shape index (κ2) is 4.23. The van der Waals surface area contributed by atoms with Crippen LogP contribution < -0.4 is 0 Å². The van der Waals surface area contributed by atoms with Crippen LogP contribution in [0.2, 0.25) is 5.02 Å². The zero-order valence-corrected chi connectivity index (χ0v) is 9.52. The standard InChI is InChI=1S/C8H5ClFIO2/c1-13-8(12)4-2-3-5(11)6(9)7(4)10/h2-3H,1H3. The number of carbonyl (C=O) groups excluding carboxylic acids is 1. The Morgan fingerprint density at radius 1 is 1.62 bits per heavy atom. The van der Waals surface area contributed by atoms with E-state index >= 15 is 0 Å². The van der Waals surface area contributed by atoms with E-state index in [2.05, 4.69) is 4.74 Å². The van der Waals surface area contributed by atoms with Gasteiger partial charge >= 0.3 is 5.97 Å². The molecule has 0 aliphatic heterocycles. The number of ether oxygens (including phenoxy) is 1. The lowest BCUT2D eigenvalue weighted by Gasteiger charge is -2.03. The van der Waals surface area contributed by atoms with Crippen molar-refractivity contribution in [1.82, 2.24) is 0 Å². The van der Waals surface area contributed by atoms with E-state index in [1.165, 1.54) is 13.2 Å². The fourth-order valence-corrected chi connectivity index (χ4v) is 1.37. The van der Waals surface area contributed by atoms with Crippen molar-refractivity contribution >= 4 is 40.2 Å². The van der Waals surface area contributed by atoms with Crippen LogP contribution >= 0.6 is 34.2 Å². The Morgan fingerprint density at radius 2 is 2.23 bits per heavy atom. The lowest BCUT2D eigenvalue weighted by molar-refractivity contribution is 0.0595. The molecule has 5 heteroatoms. The van der Waals surface area contributed by atoms with E-state index in [1.807, 2.05) is 22.6 Å². The molecule has 0 bridgehead atoms. The van der Waals surface area contributed by atoms with Crippen LogP contribution in [0.4, 0.5) is 4.39 Å². The molecule has 0 N–H and O–H groups in total. The molecule has 0 radical (unpaired) electrons. The van der Waals surface area contributed by atoms with Gasteiger partial charge in [0.05, 0.1) is 17.7 Å². The van der Waals surface area contributed by atoms with E-state index in [4.69, 9.17) is 11.6 Å². The summed E-state index contributed by atoms with van der Waals surface area (Å²) in [4.78, 5) is 11.0. The lowest BCUT2D eigenvalue weighted by Crippen LogP contribution is -2.05. The Labute approximate surface area is 93.2 Å². The first-order valence-electron chi connectivity index (χ1n) is 3.29. The third-order valence-corrected chi connectivity index (χ3v) is 3.03. The van der Waals surface area contributed by atoms with Gasteiger partial charge in [-0.2, -0.15) is 0 Å². The van der Waals surface area contributed by atoms with E-state index < -0.39 is 11.8 Å². The molecule has 0 spiro atoms. The molecule has 0 aliphatic rings. The minimum atomic E-state index is -0.736. The normalized spacial score (nSPS) is 9.85. The predicted octanol–water partition coefficient (Wildman–Crippen LogP) is 2.87. The molecule has 0 saturated heterocycles. The highest BCUT2D eigenvalue weighted by Gasteiger charge is 2.16. The first-order valence-corrected chi connectivity index (χ1v) is 4.75. The van der Waals surface area contributed by atoms with Crippen LogP contribution in [0.5, 0.6) is 0 Å². The molecular formula is C8H5ClFIO2. The van der Waals surface area contributed by atoms with Crippen molar-refractivity contribution in [2.75, 3.05) is 7.11 Å². The van der Waals surface area contributed by atoms with Crippen LogP contribution in [0, 0.1) is 9.39 Å². The maximum Gasteiger partial charge on any atom is 0.340 e. The molecule has 0 aromatic heterocycles. The zero-order chi connectivity index (χ0) is 10.0. The van der Waals surface area contributed by atoms with Gasteiger partial charge in [0.15, 0.2) is 5.82 Å². The van der Waals surface area contributed by atoms with E-state index in [1.54, 1.807) is 6.07 Å². The second-order valence-electron chi connectivity index (χ2n) is 2.21. The monoisotopic (exact) mass is 314 g/mol. The number of esters is 1. The first-order chi connectivity index (χ1) is 6.07. The molecule has 70 valence electrons. The molecule has 0 heterocycles. The van der Waals surface area contributed by atoms with Gasteiger partial charge in [-0.25, -0.2) is 9.18 Å². The van der Waals surface area contributed by atoms with E-state index in [0.29, 0.717) is 3.57 Å². The van der Waals surface area contributed by atoms with Crippen molar-refractivity contribution in [3.05, 3.63) is 32.1 Å². The van der Waals surface area contributed by atoms with Crippen molar-refractivity contribution in [2.45, 2.75) is 0 Å². The number of hydrogen-bond acceptors (Lipinski definition) is 2. The summed E-state index contributed by atoms with van der Waals surface area (Å²) in [5.41, 5.74) is -0.145. The molecule has 0 atom stereocenters. The van der Waals surface area contributed by atoms with Gasteiger partial charge in [0.2, 0.25) is 0 Å². The van der Waals surface area contributed by atoms with Gasteiger partial charge in [-0.15, -0.1) is 0 Å². The van der Waals surface area contributed by atoms with Crippen LogP contribution in [-0.4, -0.2) is 13.1 Å². The zero-order valence-electron chi connectivity index (χ0n) is 6.61. The Balaban J connectivity index is 3.26. The molecule has 13 heavy (non-hydrogen) atoms. The summed E-state index contributed by atoms with van der Waals surface area (Å²) in [5, 5.41) is -0.0523. The third kappa shape index (κ3) is 2.11. The summed E-state index contributed by atoms with van der Waals surface area (Å²) in [5.74, 6) is -1.46. The number of rotatable bonds is 1. The van der Waals surface area contributed by atoms with Gasteiger partial charge in [0.25, 0.3) is 0 Å². The van der Waals surface area contributed by atoms with Crippen molar-refractivity contribution in [3.8, 4) is 0 Å². The number of hydrogen-bond donors (Lipinski definition) is 0. The van der Waals surface area contributed by atoms with Gasteiger partial charge in [0.1, 0.15) is 0 Å². The average molecular weight is 314 g/mol. The number of carbonyl (C=O) groups is 1. The second-order valence-corrected chi connectivity index (χ2v) is 3.75. The summed E-state index contributed by atoms with van der Waals surface area (Å²) in [6, 6.07) is 2.90. The van der Waals surface area contributed by atoms with Crippen LogP contribution in [0.3, 0.4) is 0 Å². The lowest BCUT2D eigenvalue weighted by atomic mass is 10.2. The van der Waals surface area contributed by atoms with Crippen molar-refractivity contribution < 1.29 is 13.9 Å². The molecule has 0 saturated carbocycles. The van der Waals surface area contributed by atoms with Gasteiger partial charge < -0.3 is 4.74 Å². The smallest absolute Gasteiger partial charge is 0.340 e. The summed E-state index contributed by atoms with van der Waals surface area (Å²) in [6.45, 7) is 0. The molecule has 0 fully saturated rings. The molecule has 1 aromatic rings. The van der Waals surface area contributed by atoms with Crippen LogP contribution in [0.25, 0.3) is 0 Å². The Kier molecular flexibility index (Phi) is 3.49. The Hall–Kier alpha value is -0.360. The first kappa shape index (κ1) is 10.7. The Morgan fingerprint density at radius 3 is 2.77 bits per heavy atom. The van der Waals surface area contributed by atoms with Crippen molar-refractivity contribution in [3.63, 3.8) is 0 Å². The predicted molar refractivity (Wildman–Crippen MR) is 55.5 cm³/mol. The van der Waals surface area contributed by atoms with Gasteiger partial charge in [-0.3, -0.25) is 0 Å². The van der Waals surface area contributed by atoms with Gasteiger partial charge in [0, 0.05) is 3.57 Å². The number of benzene rings is 1. The van der Waals surface area contributed by atoms with Crippen LogP contribution in [0.15, 0.2) is 12.1 Å². The quantitative estimate of drug-likeness (QED) is 0.453. The maximum absolute atomic E-state index is 13.3.